The van der Waals surface area contributed by atoms with E-state index in [2.05, 4.69) is 33.4 Å². The number of carboxylic acid groups (broad SMARTS) is 1. The molecule has 2 atom stereocenters. The Bertz CT molecular complexity index is 202. The number of nitrogens with two attached hydrogens (primary N) is 1. The summed E-state index contributed by atoms with van der Waals surface area (Å²) in [7, 11) is 0. The zero-order valence-corrected chi connectivity index (χ0v) is 14.6. The molecule has 0 rings (SSSR count). The first-order chi connectivity index (χ1) is 10.0. The van der Waals surface area contributed by atoms with Crippen molar-refractivity contribution in [2.45, 2.75) is 79.1 Å². The van der Waals surface area contributed by atoms with Crippen LogP contribution >= 0.6 is 0 Å². The van der Waals surface area contributed by atoms with Gasteiger partial charge in [0.2, 0.25) is 0 Å². The topological polar surface area (TPSA) is 72.5 Å². The van der Waals surface area contributed by atoms with E-state index < -0.39 is 6.09 Å². The third-order valence-electron chi connectivity index (χ3n) is 3.79. The van der Waals surface area contributed by atoms with Gasteiger partial charge < -0.3 is 15.6 Å². The molecule has 3 N–H and O–H groups in total. The van der Waals surface area contributed by atoms with Gasteiger partial charge >= 0.3 is 6.09 Å². The Morgan fingerprint density at radius 2 is 1.29 bits per heavy atom. The maximum absolute atomic E-state index is 8.78. The Hall–Kier alpha value is -0.770. The van der Waals surface area contributed by atoms with Crippen molar-refractivity contribution in [1.82, 2.24) is 0 Å². The van der Waals surface area contributed by atoms with Gasteiger partial charge in [0.25, 0.3) is 0 Å². The number of hydrogen-bond acceptors (Lipinski definition) is 2. The van der Waals surface area contributed by atoms with E-state index >= 15 is 0 Å². The monoisotopic (exact) mass is 303 g/mol. The summed E-state index contributed by atoms with van der Waals surface area (Å²) in [6.07, 6.45) is 9.23. The highest BCUT2D eigenvalue weighted by Crippen LogP contribution is 2.16. The summed E-state index contributed by atoms with van der Waals surface area (Å²) in [5, 5.41) is 7.19. The number of carbonyl (C=O) groups is 1. The molecule has 0 aromatic carbocycles. The Kier molecular flexibility index (Phi) is 18.5. The van der Waals surface area contributed by atoms with Crippen molar-refractivity contribution in [3.05, 3.63) is 0 Å². The van der Waals surface area contributed by atoms with Crippen LogP contribution in [0.15, 0.2) is 0 Å². The Balaban J connectivity index is 0. The number of amides is 1. The van der Waals surface area contributed by atoms with Gasteiger partial charge in [0.1, 0.15) is 0 Å². The average Bonchev–Trinajstić information content (AvgIpc) is 2.45. The third kappa shape index (κ3) is 19.2. The number of hydrogen-bond donors (Lipinski definition) is 2. The summed E-state index contributed by atoms with van der Waals surface area (Å²) in [6, 6.07) is 0. The van der Waals surface area contributed by atoms with Crippen molar-refractivity contribution in [1.29, 1.82) is 0 Å². The molecular formula is C17H37NO3. The lowest BCUT2D eigenvalue weighted by atomic mass is 9.99. The minimum absolute atomic E-state index is 0.790. The van der Waals surface area contributed by atoms with Gasteiger partial charge in [-0.05, 0) is 24.7 Å². The fraction of sp³-hybridized carbons (Fsp3) is 0.941. The summed E-state index contributed by atoms with van der Waals surface area (Å²) >= 11 is 0. The zero-order chi connectivity index (χ0) is 16.5. The molecule has 0 saturated carbocycles. The quantitative estimate of drug-likeness (QED) is 0.529. The molecule has 0 aliphatic heterocycles. The second kappa shape index (κ2) is 17.3. The Labute approximate surface area is 131 Å². The zero-order valence-electron chi connectivity index (χ0n) is 14.6. The lowest BCUT2D eigenvalue weighted by Gasteiger charge is -2.18. The van der Waals surface area contributed by atoms with Gasteiger partial charge in [-0.1, -0.05) is 66.2 Å². The van der Waals surface area contributed by atoms with E-state index in [0.29, 0.717) is 0 Å². The lowest BCUT2D eigenvalue weighted by Crippen LogP contribution is -2.14. The van der Waals surface area contributed by atoms with E-state index in [1.54, 1.807) is 0 Å². The summed E-state index contributed by atoms with van der Waals surface area (Å²) in [6.45, 7) is 11.1. The van der Waals surface area contributed by atoms with Crippen LogP contribution in [0.2, 0.25) is 0 Å². The van der Waals surface area contributed by atoms with E-state index in [1.165, 1.54) is 51.4 Å². The van der Waals surface area contributed by atoms with Crippen LogP contribution in [-0.2, 0) is 4.74 Å². The molecule has 0 radical (unpaired) electrons. The molecule has 0 aromatic heterocycles. The van der Waals surface area contributed by atoms with Crippen LogP contribution in [0.3, 0.4) is 0 Å². The molecule has 0 spiro atoms. The van der Waals surface area contributed by atoms with Crippen molar-refractivity contribution < 1.29 is 14.6 Å². The highest BCUT2D eigenvalue weighted by Gasteiger charge is 2.09. The van der Waals surface area contributed by atoms with Crippen LogP contribution in [0.5, 0.6) is 0 Å². The molecular weight excluding hydrogens is 266 g/mol. The first kappa shape index (κ1) is 22.5. The van der Waals surface area contributed by atoms with Crippen molar-refractivity contribution in [3.63, 3.8) is 0 Å². The summed E-state index contributed by atoms with van der Waals surface area (Å²) in [4.78, 5) is 8.78. The molecule has 4 nitrogen and oxygen atoms in total. The third-order valence-corrected chi connectivity index (χ3v) is 3.79. The molecule has 1 amide bonds. The SMILES string of the molecule is CCCCC(CC)COCC(CC)CCCC.NC(=O)O. The summed E-state index contributed by atoms with van der Waals surface area (Å²) in [5.74, 6) is 1.58. The molecule has 0 aliphatic carbocycles. The van der Waals surface area contributed by atoms with E-state index in [-0.39, 0.29) is 0 Å². The number of ether oxygens (including phenoxy) is 1. The van der Waals surface area contributed by atoms with Gasteiger partial charge in [0.05, 0.1) is 0 Å². The molecule has 21 heavy (non-hydrogen) atoms. The van der Waals surface area contributed by atoms with Crippen molar-refractivity contribution in [2.24, 2.45) is 17.6 Å². The lowest BCUT2D eigenvalue weighted by molar-refractivity contribution is 0.0630. The minimum Gasteiger partial charge on any atom is -0.465 e. The van der Waals surface area contributed by atoms with Crippen LogP contribution in [0.1, 0.15) is 79.1 Å². The summed E-state index contributed by atoms with van der Waals surface area (Å²) < 4.78 is 5.93. The summed E-state index contributed by atoms with van der Waals surface area (Å²) in [5.41, 5.74) is 4.03. The minimum atomic E-state index is -1.33. The van der Waals surface area contributed by atoms with Crippen molar-refractivity contribution in [3.8, 4) is 0 Å². The number of primary amides is 1. The molecule has 0 bridgehead atoms. The molecule has 0 aliphatic rings. The molecule has 0 heterocycles. The second-order valence-electron chi connectivity index (χ2n) is 5.71. The average molecular weight is 303 g/mol. The molecule has 0 aromatic rings. The smallest absolute Gasteiger partial charge is 0.402 e. The Morgan fingerprint density at radius 1 is 0.952 bits per heavy atom. The highest BCUT2D eigenvalue weighted by atomic mass is 16.5. The predicted octanol–water partition coefficient (Wildman–Crippen LogP) is 5.06. The van der Waals surface area contributed by atoms with Gasteiger partial charge in [0, 0.05) is 13.2 Å². The van der Waals surface area contributed by atoms with E-state index in [1.807, 2.05) is 0 Å². The maximum atomic E-state index is 8.78. The van der Waals surface area contributed by atoms with Crippen LogP contribution < -0.4 is 5.73 Å². The molecule has 128 valence electrons. The first-order valence-corrected chi connectivity index (χ1v) is 8.57. The second-order valence-corrected chi connectivity index (χ2v) is 5.71. The number of rotatable bonds is 12. The van der Waals surface area contributed by atoms with Crippen LogP contribution in [0.4, 0.5) is 4.79 Å². The fourth-order valence-electron chi connectivity index (χ4n) is 2.20. The molecule has 2 unspecified atom stereocenters. The number of unbranched alkanes of at least 4 members (excludes halogenated alkanes) is 2. The Morgan fingerprint density at radius 3 is 1.52 bits per heavy atom. The molecule has 4 heteroatoms. The van der Waals surface area contributed by atoms with Gasteiger partial charge in [-0.2, -0.15) is 0 Å². The van der Waals surface area contributed by atoms with Crippen LogP contribution in [-0.4, -0.2) is 24.4 Å². The van der Waals surface area contributed by atoms with Crippen LogP contribution in [0, 0.1) is 11.8 Å². The largest absolute Gasteiger partial charge is 0.465 e. The van der Waals surface area contributed by atoms with E-state index in [0.717, 1.165) is 25.0 Å². The maximum Gasteiger partial charge on any atom is 0.402 e. The molecule has 0 fully saturated rings. The van der Waals surface area contributed by atoms with Crippen molar-refractivity contribution >= 4 is 6.09 Å². The van der Waals surface area contributed by atoms with Gasteiger partial charge in [-0.15, -0.1) is 0 Å². The highest BCUT2D eigenvalue weighted by molar-refractivity contribution is 5.61. The predicted molar refractivity (Wildman–Crippen MR) is 89.6 cm³/mol. The van der Waals surface area contributed by atoms with E-state index in [4.69, 9.17) is 14.6 Å². The molecule has 0 saturated heterocycles. The standard InChI is InChI=1S/C16H34O.CH3NO2/c1-5-9-11-15(7-3)13-17-14-16(8-4)12-10-6-2;2-1(3)4/h15-16H,5-14H2,1-4H3;2H2,(H,3,4). The first-order valence-electron chi connectivity index (χ1n) is 8.57. The van der Waals surface area contributed by atoms with Crippen LogP contribution in [0.25, 0.3) is 0 Å². The van der Waals surface area contributed by atoms with E-state index in [9.17, 15) is 0 Å². The normalized spacial score (nSPS) is 13.1. The van der Waals surface area contributed by atoms with Gasteiger partial charge in [-0.3, -0.25) is 0 Å². The van der Waals surface area contributed by atoms with Gasteiger partial charge in [0.15, 0.2) is 0 Å². The van der Waals surface area contributed by atoms with Crippen molar-refractivity contribution in [2.75, 3.05) is 13.2 Å². The van der Waals surface area contributed by atoms with Gasteiger partial charge in [-0.25, -0.2) is 4.79 Å². The fourth-order valence-corrected chi connectivity index (χ4v) is 2.20.